The predicted molar refractivity (Wildman–Crippen MR) is 80.3 cm³/mol. The monoisotopic (exact) mass is 369 g/mol. The second kappa shape index (κ2) is 5.63. The van der Waals surface area contributed by atoms with E-state index in [1.807, 2.05) is 0 Å². The number of hydrogen-bond acceptors (Lipinski definition) is 1. The molecule has 0 aromatic carbocycles. The molecule has 18 heavy (non-hydrogen) atoms. The van der Waals surface area contributed by atoms with Crippen molar-refractivity contribution < 1.29 is 5.11 Å². The molecule has 2 fully saturated rings. The molecular formula is C16H31OTe+. The van der Waals surface area contributed by atoms with Crippen molar-refractivity contribution in [3.8, 4) is 0 Å². The number of aliphatic hydroxyl groups is 1. The summed E-state index contributed by atoms with van der Waals surface area (Å²) in [6, 6.07) is 0. The van der Waals surface area contributed by atoms with Crippen LogP contribution in [0.1, 0.15) is 59.8 Å². The molecule has 0 aromatic heterocycles. The van der Waals surface area contributed by atoms with Crippen LogP contribution in [0.25, 0.3) is 0 Å². The van der Waals surface area contributed by atoms with Gasteiger partial charge in [0.25, 0.3) is 0 Å². The molecule has 0 spiro atoms. The molecule has 0 unspecified atom stereocenters. The van der Waals surface area contributed by atoms with E-state index in [-0.39, 0.29) is 6.10 Å². The van der Waals surface area contributed by atoms with Gasteiger partial charge in [-0.25, -0.2) is 0 Å². The summed E-state index contributed by atoms with van der Waals surface area (Å²) in [7, 11) is 0. The fourth-order valence-electron chi connectivity index (χ4n) is 4.41. The quantitative estimate of drug-likeness (QED) is 0.687. The van der Waals surface area contributed by atoms with E-state index < -0.39 is 19.6 Å². The molecule has 1 nitrogen and oxygen atoms in total. The van der Waals surface area contributed by atoms with Crippen LogP contribution in [-0.4, -0.2) is 30.8 Å². The molecule has 2 saturated carbocycles. The van der Waals surface area contributed by atoms with E-state index in [1.165, 1.54) is 39.1 Å². The number of fused-ring (bicyclic) bond motifs is 2. The Morgan fingerprint density at radius 1 is 1.28 bits per heavy atom. The zero-order valence-electron chi connectivity index (χ0n) is 12.7. The molecule has 2 rings (SSSR count). The van der Waals surface area contributed by atoms with Gasteiger partial charge in [0.05, 0.1) is 0 Å². The molecule has 2 aliphatic carbocycles. The van der Waals surface area contributed by atoms with Crippen LogP contribution in [0.15, 0.2) is 0 Å². The maximum absolute atomic E-state index is 10.6. The van der Waals surface area contributed by atoms with E-state index in [2.05, 4.69) is 27.7 Å². The molecule has 106 valence electrons. The topological polar surface area (TPSA) is 20.2 Å². The Morgan fingerprint density at radius 3 is 2.44 bits per heavy atom. The second-order valence-corrected chi connectivity index (χ2v) is 14.1. The van der Waals surface area contributed by atoms with Gasteiger partial charge in [-0.1, -0.05) is 0 Å². The van der Waals surface area contributed by atoms with Gasteiger partial charge < -0.3 is 0 Å². The van der Waals surface area contributed by atoms with Crippen molar-refractivity contribution in [1.82, 2.24) is 0 Å². The van der Waals surface area contributed by atoms with E-state index in [4.69, 9.17) is 0 Å². The third-order valence-corrected chi connectivity index (χ3v) is 13.5. The molecule has 1 N–H and O–H groups in total. The summed E-state index contributed by atoms with van der Waals surface area (Å²) in [4.78, 5) is 0. The van der Waals surface area contributed by atoms with Crippen LogP contribution in [0.3, 0.4) is 0 Å². The number of rotatable bonds is 6. The first-order valence-corrected chi connectivity index (χ1v) is 12.7. The fourth-order valence-corrected chi connectivity index (χ4v) is 12.3. The third kappa shape index (κ3) is 2.27. The summed E-state index contributed by atoms with van der Waals surface area (Å²) in [5.41, 5.74) is 0.727. The maximum atomic E-state index is 10.6. The summed E-state index contributed by atoms with van der Waals surface area (Å²) >= 11 is -0.948. The SMILES string of the molecule is CCCC[Te+](CC)C[C@]12CC[C@H](C[C@H]1O)C2(C)C. The van der Waals surface area contributed by atoms with Crippen LogP contribution in [0, 0.1) is 16.7 Å². The van der Waals surface area contributed by atoms with E-state index in [0.29, 0.717) is 10.8 Å². The van der Waals surface area contributed by atoms with Gasteiger partial charge in [-0.3, -0.25) is 0 Å². The van der Waals surface area contributed by atoms with Crippen molar-refractivity contribution >= 4 is 19.6 Å². The van der Waals surface area contributed by atoms with E-state index in [1.54, 1.807) is 0 Å². The molecule has 0 aromatic rings. The molecule has 0 amide bonds. The van der Waals surface area contributed by atoms with Gasteiger partial charge in [0.15, 0.2) is 0 Å². The van der Waals surface area contributed by atoms with E-state index in [0.717, 1.165) is 12.3 Å². The Bertz CT molecular complexity index is 289. The molecule has 2 bridgehead atoms. The summed E-state index contributed by atoms with van der Waals surface area (Å²) in [6.07, 6.45) is 6.59. The number of hydrogen-bond donors (Lipinski definition) is 1. The van der Waals surface area contributed by atoms with Crippen LogP contribution >= 0.6 is 0 Å². The van der Waals surface area contributed by atoms with Crippen LogP contribution in [-0.2, 0) is 0 Å². The second-order valence-electron chi connectivity index (χ2n) is 6.97. The summed E-state index contributed by atoms with van der Waals surface area (Å²) in [5, 5.41) is 10.6. The first kappa shape index (κ1) is 15.1. The Balaban J connectivity index is 2.10. The van der Waals surface area contributed by atoms with Gasteiger partial charge in [-0.2, -0.15) is 0 Å². The molecule has 0 heterocycles. The van der Waals surface area contributed by atoms with Gasteiger partial charge in [0.2, 0.25) is 0 Å². The van der Waals surface area contributed by atoms with Crippen molar-refractivity contribution in [2.75, 3.05) is 0 Å². The summed E-state index contributed by atoms with van der Waals surface area (Å²) in [6.45, 7) is 9.62. The standard InChI is InChI=1S/C16H31OTe/c1-5-7-10-18(6-2)12-16-9-8-13(11-14(16)17)15(16,3)4/h13-14,17H,5-12H2,1-4H3/q+1/t13-,14-,16-/m1/s1. The van der Waals surface area contributed by atoms with E-state index >= 15 is 0 Å². The summed E-state index contributed by atoms with van der Waals surface area (Å²) in [5.74, 6) is 0.801. The molecule has 0 radical (unpaired) electrons. The fraction of sp³-hybridized carbons (Fsp3) is 1.00. The van der Waals surface area contributed by atoms with Gasteiger partial charge >= 0.3 is 121 Å². The van der Waals surface area contributed by atoms with Crippen LogP contribution in [0.2, 0.25) is 13.4 Å². The number of unbranched alkanes of at least 4 members (excludes halogenated alkanes) is 1. The van der Waals surface area contributed by atoms with Crippen molar-refractivity contribution in [3.63, 3.8) is 0 Å². The molecule has 0 aliphatic heterocycles. The first-order valence-electron chi connectivity index (χ1n) is 7.80. The summed E-state index contributed by atoms with van der Waals surface area (Å²) < 4.78 is 4.43. The first-order chi connectivity index (χ1) is 8.48. The molecule has 0 saturated heterocycles. The zero-order valence-corrected chi connectivity index (χ0v) is 15.0. The average Bonchev–Trinajstić information content (AvgIpc) is 2.68. The van der Waals surface area contributed by atoms with Crippen LogP contribution in [0.5, 0.6) is 0 Å². The average molecular weight is 367 g/mol. The minimum atomic E-state index is -0.948. The van der Waals surface area contributed by atoms with Crippen molar-refractivity contribution in [3.05, 3.63) is 0 Å². The van der Waals surface area contributed by atoms with Crippen LogP contribution in [0.4, 0.5) is 0 Å². The van der Waals surface area contributed by atoms with E-state index in [9.17, 15) is 5.11 Å². The molecule has 2 aliphatic rings. The van der Waals surface area contributed by atoms with Gasteiger partial charge in [0, 0.05) is 0 Å². The minimum absolute atomic E-state index is 0.0165. The Morgan fingerprint density at radius 2 is 2.00 bits per heavy atom. The Kier molecular flexibility index (Phi) is 4.73. The molecular weight excluding hydrogens is 336 g/mol. The third-order valence-electron chi connectivity index (χ3n) is 6.04. The van der Waals surface area contributed by atoms with Gasteiger partial charge in [-0.15, -0.1) is 0 Å². The molecule has 2 heteroatoms. The van der Waals surface area contributed by atoms with Crippen LogP contribution < -0.4 is 0 Å². The predicted octanol–water partition coefficient (Wildman–Crippen LogP) is 4.49. The van der Waals surface area contributed by atoms with Crippen molar-refractivity contribution in [2.24, 2.45) is 16.7 Å². The Labute approximate surface area is 120 Å². The Hall–Kier alpha value is 0.750. The van der Waals surface area contributed by atoms with Gasteiger partial charge in [-0.05, 0) is 0 Å². The van der Waals surface area contributed by atoms with Gasteiger partial charge in [0.1, 0.15) is 0 Å². The van der Waals surface area contributed by atoms with Crippen molar-refractivity contribution in [1.29, 1.82) is 0 Å². The molecule has 3 atom stereocenters. The normalized spacial score (nSPS) is 37.7. The van der Waals surface area contributed by atoms with Crippen molar-refractivity contribution in [2.45, 2.75) is 79.3 Å². The zero-order chi connectivity index (χ0) is 13.4. The number of aliphatic hydroxyl groups excluding tert-OH is 1.